The van der Waals surface area contributed by atoms with Crippen molar-refractivity contribution in [2.45, 2.75) is 32.2 Å². The molecule has 0 saturated heterocycles. The lowest BCUT2D eigenvalue weighted by Crippen LogP contribution is -2.35. The second-order valence-electron chi connectivity index (χ2n) is 5.17. The van der Waals surface area contributed by atoms with Crippen molar-refractivity contribution in [3.63, 3.8) is 0 Å². The van der Waals surface area contributed by atoms with E-state index in [1.165, 1.54) is 18.2 Å². The lowest BCUT2D eigenvalue weighted by molar-refractivity contribution is 0.128. The van der Waals surface area contributed by atoms with Gasteiger partial charge in [-0.3, -0.25) is 0 Å². The van der Waals surface area contributed by atoms with Gasteiger partial charge in [-0.25, -0.2) is 8.78 Å². The topological polar surface area (TPSA) is 32.3 Å². The highest BCUT2D eigenvalue weighted by Crippen LogP contribution is 2.36. The third-order valence-electron chi connectivity index (χ3n) is 3.86. The number of aliphatic hydroxyl groups is 1. The summed E-state index contributed by atoms with van der Waals surface area (Å²) >= 11 is 0. The van der Waals surface area contributed by atoms with E-state index in [2.05, 4.69) is 5.32 Å². The van der Waals surface area contributed by atoms with Crippen LogP contribution in [0, 0.1) is 17.0 Å². The van der Waals surface area contributed by atoms with E-state index in [1.807, 2.05) is 0 Å². The van der Waals surface area contributed by atoms with Crippen LogP contribution in [0.15, 0.2) is 18.2 Å². The number of rotatable bonds is 5. The summed E-state index contributed by atoms with van der Waals surface area (Å²) in [5.41, 5.74) is -0.0227. The maximum Gasteiger partial charge on any atom is 0.130 e. The van der Waals surface area contributed by atoms with Gasteiger partial charge in [0.05, 0.1) is 0 Å². The predicted molar refractivity (Wildman–Crippen MR) is 66.1 cm³/mol. The maximum atomic E-state index is 13.4. The number of aliphatic hydroxyl groups excluding tert-OH is 1. The molecule has 0 amide bonds. The zero-order chi connectivity index (χ0) is 13.0. The van der Waals surface area contributed by atoms with Crippen LogP contribution in [0.25, 0.3) is 0 Å². The lowest BCUT2D eigenvalue weighted by atomic mass is 9.87. The fraction of sp³-hybridized carbons (Fsp3) is 0.571. The molecule has 100 valence electrons. The molecule has 4 heteroatoms. The minimum Gasteiger partial charge on any atom is -0.396 e. The van der Waals surface area contributed by atoms with Gasteiger partial charge in [-0.2, -0.15) is 0 Å². The van der Waals surface area contributed by atoms with E-state index in [0.717, 1.165) is 25.7 Å². The largest absolute Gasteiger partial charge is 0.396 e. The van der Waals surface area contributed by atoms with Gasteiger partial charge in [-0.05, 0) is 25.0 Å². The van der Waals surface area contributed by atoms with Crippen molar-refractivity contribution >= 4 is 0 Å². The van der Waals surface area contributed by atoms with Crippen LogP contribution in [0.2, 0.25) is 0 Å². The highest BCUT2D eigenvalue weighted by Gasteiger charge is 2.32. The first-order valence-electron chi connectivity index (χ1n) is 6.41. The molecule has 0 bridgehead atoms. The van der Waals surface area contributed by atoms with E-state index in [-0.39, 0.29) is 24.1 Å². The zero-order valence-electron chi connectivity index (χ0n) is 10.4. The van der Waals surface area contributed by atoms with Gasteiger partial charge in [0, 0.05) is 30.7 Å². The monoisotopic (exact) mass is 255 g/mol. The normalized spacial score (nSPS) is 18.2. The molecule has 2 rings (SSSR count). The number of nitrogens with one attached hydrogen (secondary N) is 1. The van der Waals surface area contributed by atoms with Crippen LogP contribution in [-0.2, 0) is 6.54 Å². The number of benzene rings is 1. The quantitative estimate of drug-likeness (QED) is 0.847. The van der Waals surface area contributed by atoms with Crippen molar-refractivity contribution in [2.75, 3.05) is 13.2 Å². The van der Waals surface area contributed by atoms with Crippen LogP contribution in [0.1, 0.15) is 31.2 Å². The zero-order valence-corrected chi connectivity index (χ0v) is 10.4. The Hall–Kier alpha value is -1.00. The number of hydrogen-bond acceptors (Lipinski definition) is 2. The Bertz CT molecular complexity index is 383. The first kappa shape index (κ1) is 13.4. The van der Waals surface area contributed by atoms with Crippen molar-refractivity contribution in [1.29, 1.82) is 0 Å². The molecule has 2 nitrogen and oxygen atoms in total. The molecule has 1 fully saturated rings. The summed E-state index contributed by atoms with van der Waals surface area (Å²) in [6.45, 7) is 0.914. The fourth-order valence-electron chi connectivity index (χ4n) is 2.67. The van der Waals surface area contributed by atoms with Gasteiger partial charge in [0.2, 0.25) is 0 Å². The summed E-state index contributed by atoms with van der Waals surface area (Å²) in [6.07, 6.45) is 4.21. The molecule has 0 unspecified atom stereocenters. The molecule has 0 aromatic heterocycles. The van der Waals surface area contributed by atoms with E-state index in [9.17, 15) is 13.9 Å². The third-order valence-corrected chi connectivity index (χ3v) is 3.86. The Morgan fingerprint density at radius 3 is 2.33 bits per heavy atom. The van der Waals surface area contributed by atoms with Crippen molar-refractivity contribution in [1.82, 2.24) is 5.32 Å². The molecule has 1 aliphatic rings. The molecule has 0 atom stereocenters. The molecule has 1 saturated carbocycles. The molecule has 1 aliphatic carbocycles. The Kier molecular flexibility index (Phi) is 4.30. The van der Waals surface area contributed by atoms with E-state index < -0.39 is 11.6 Å². The Labute approximate surface area is 106 Å². The Morgan fingerprint density at radius 2 is 1.78 bits per heavy atom. The number of hydrogen-bond donors (Lipinski definition) is 2. The SMILES string of the molecule is OCC1(CNCc2c(F)cccc2F)CCCC1. The van der Waals surface area contributed by atoms with Gasteiger partial charge in [-0.15, -0.1) is 0 Å². The first-order valence-corrected chi connectivity index (χ1v) is 6.41. The minimum absolute atomic E-state index is 0.0728. The van der Waals surface area contributed by atoms with E-state index in [4.69, 9.17) is 0 Å². The molecule has 0 radical (unpaired) electrons. The first-order chi connectivity index (χ1) is 8.67. The van der Waals surface area contributed by atoms with Crippen LogP contribution in [0.5, 0.6) is 0 Å². The summed E-state index contributed by atoms with van der Waals surface area (Å²) in [6, 6.07) is 3.88. The molecule has 2 N–H and O–H groups in total. The molecule has 0 spiro atoms. The molecular weight excluding hydrogens is 236 g/mol. The van der Waals surface area contributed by atoms with Crippen molar-refractivity contribution in [3.05, 3.63) is 35.4 Å². The molecular formula is C14H19F2NO. The Balaban J connectivity index is 1.92. The van der Waals surface area contributed by atoms with Gasteiger partial charge in [0.25, 0.3) is 0 Å². The maximum absolute atomic E-state index is 13.4. The number of halogens is 2. The fourth-order valence-corrected chi connectivity index (χ4v) is 2.67. The third kappa shape index (κ3) is 2.87. The van der Waals surface area contributed by atoms with E-state index >= 15 is 0 Å². The van der Waals surface area contributed by atoms with Gasteiger partial charge >= 0.3 is 0 Å². The molecule has 1 aromatic carbocycles. The molecule has 18 heavy (non-hydrogen) atoms. The van der Waals surface area contributed by atoms with Crippen LogP contribution in [0.3, 0.4) is 0 Å². The summed E-state index contributed by atoms with van der Waals surface area (Å²) in [7, 11) is 0. The van der Waals surface area contributed by atoms with Crippen LogP contribution < -0.4 is 5.32 Å². The van der Waals surface area contributed by atoms with Gasteiger partial charge in [0.1, 0.15) is 11.6 Å². The smallest absolute Gasteiger partial charge is 0.130 e. The summed E-state index contributed by atoms with van der Waals surface area (Å²) in [4.78, 5) is 0. The van der Waals surface area contributed by atoms with E-state index in [0.29, 0.717) is 6.54 Å². The minimum atomic E-state index is -0.521. The van der Waals surface area contributed by atoms with Crippen LogP contribution >= 0.6 is 0 Å². The summed E-state index contributed by atoms with van der Waals surface area (Å²) in [5.74, 6) is -1.04. The van der Waals surface area contributed by atoms with Crippen molar-refractivity contribution < 1.29 is 13.9 Å². The van der Waals surface area contributed by atoms with E-state index in [1.54, 1.807) is 0 Å². The van der Waals surface area contributed by atoms with Gasteiger partial charge in [0.15, 0.2) is 0 Å². The van der Waals surface area contributed by atoms with Crippen LogP contribution in [0.4, 0.5) is 8.78 Å². The summed E-state index contributed by atoms with van der Waals surface area (Å²) < 4.78 is 26.8. The van der Waals surface area contributed by atoms with Gasteiger partial charge < -0.3 is 10.4 Å². The second kappa shape index (κ2) is 5.76. The standard InChI is InChI=1S/C14H19F2NO/c15-12-4-3-5-13(16)11(12)8-17-9-14(10-18)6-1-2-7-14/h3-5,17-18H,1-2,6-10H2. The van der Waals surface area contributed by atoms with Crippen molar-refractivity contribution in [3.8, 4) is 0 Å². The Morgan fingerprint density at radius 1 is 1.17 bits per heavy atom. The highest BCUT2D eigenvalue weighted by atomic mass is 19.1. The van der Waals surface area contributed by atoms with Crippen molar-refractivity contribution in [2.24, 2.45) is 5.41 Å². The highest BCUT2D eigenvalue weighted by molar-refractivity contribution is 5.19. The molecule has 0 heterocycles. The average Bonchev–Trinajstić information content (AvgIpc) is 2.82. The van der Waals surface area contributed by atoms with Gasteiger partial charge in [-0.1, -0.05) is 18.9 Å². The summed E-state index contributed by atoms with van der Waals surface area (Å²) in [5, 5.41) is 12.5. The van der Waals surface area contributed by atoms with Crippen LogP contribution in [-0.4, -0.2) is 18.3 Å². The second-order valence-corrected chi connectivity index (χ2v) is 5.17. The molecule has 1 aromatic rings. The average molecular weight is 255 g/mol. The predicted octanol–water partition coefficient (Wildman–Crippen LogP) is 2.61. The lowest BCUT2D eigenvalue weighted by Gasteiger charge is -2.26. The molecule has 0 aliphatic heterocycles.